The summed E-state index contributed by atoms with van der Waals surface area (Å²) in [5.41, 5.74) is 1.81. The number of hydroxylamine groups is 2. The van der Waals surface area contributed by atoms with Crippen molar-refractivity contribution in [1.82, 2.24) is 15.3 Å². The molecule has 2 fully saturated rings. The summed E-state index contributed by atoms with van der Waals surface area (Å²) in [4.78, 5) is 44.9. The minimum Gasteiger partial charge on any atom is -0.497 e. The Hall–Kier alpha value is -3.43. The second kappa shape index (κ2) is 9.60. The molecule has 174 valence electrons. The van der Waals surface area contributed by atoms with Gasteiger partial charge in [0.15, 0.2) is 6.10 Å². The number of hydrogen-bond donors (Lipinski definition) is 1. The smallest absolute Gasteiger partial charge is 0.261 e. The van der Waals surface area contributed by atoms with Gasteiger partial charge in [-0.15, -0.1) is 0 Å². The van der Waals surface area contributed by atoms with Crippen LogP contribution in [-0.2, 0) is 25.6 Å². The summed E-state index contributed by atoms with van der Waals surface area (Å²) in [7, 11) is 4.62. The molecule has 0 aliphatic carbocycles. The van der Waals surface area contributed by atoms with Crippen LogP contribution in [0.15, 0.2) is 48.5 Å². The van der Waals surface area contributed by atoms with Gasteiger partial charge in [-0.3, -0.25) is 24.1 Å². The first-order valence-electron chi connectivity index (χ1n) is 10.7. The molecule has 1 N–H and O–H groups in total. The molecule has 3 atom stereocenters. The van der Waals surface area contributed by atoms with Crippen molar-refractivity contribution in [2.75, 3.05) is 34.4 Å². The third kappa shape index (κ3) is 4.55. The lowest BCUT2D eigenvalue weighted by molar-refractivity contribution is -0.181. The zero-order valence-corrected chi connectivity index (χ0v) is 18.8. The summed E-state index contributed by atoms with van der Waals surface area (Å²) in [5, 5.41) is 4.32. The number of hydrogen-bond acceptors (Lipinski definition) is 7. The molecule has 3 unspecified atom stereocenters. The van der Waals surface area contributed by atoms with Gasteiger partial charge in [0.2, 0.25) is 11.8 Å². The molecule has 2 aromatic rings. The standard InChI is InChI=1S/C24H27N3O6/c1-26-23(29)20-21(16-5-4-6-18(13-16)32-3)27(33-22(20)24(26)30)14-19(28)25-12-11-15-7-9-17(31-2)10-8-15/h4-10,13,20-22H,11-12,14H2,1-3H3,(H,25,28). The minimum atomic E-state index is -0.939. The van der Waals surface area contributed by atoms with Crippen LogP contribution in [0, 0.1) is 5.92 Å². The van der Waals surface area contributed by atoms with Gasteiger partial charge in [-0.2, -0.15) is 5.06 Å². The highest BCUT2D eigenvalue weighted by atomic mass is 16.7. The van der Waals surface area contributed by atoms with Crippen molar-refractivity contribution >= 4 is 17.7 Å². The first-order valence-corrected chi connectivity index (χ1v) is 10.7. The fraction of sp³-hybridized carbons (Fsp3) is 0.375. The van der Waals surface area contributed by atoms with Gasteiger partial charge in [0, 0.05) is 13.6 Å². The third-order valence-corrected chi connectivity index (χ3v) is 6.04. The van der Waals surface area contributed by atoms with E-state index in [9.17, 15) is 14.4 Å². The topological polar surface area (TPSA) is 97.4 Å². The zero-order chi connectivity index (χ0) is 23.5. The Morgan fingerprint density at radius 3 is 2.45 bits per heavy atom. The molecule has 2 heterocycles. The first kappa shape index (κ1) is 22.8. The Morgan fingerprint density at radius 1 is 1.03 bits per heavy atom. The van der Waals surface area contributed by atoms with Gasteiger partial charge in [0.05, 0.1) is 26.2 Å². The van der Waals surface area contributed by atoms with Crippen LogP contribution >= 0.6 is 0 Å². The second-order valence-electron chi connectivity index (χ2n) is 8.03. The number of ether oxygens (including phenoxy) is 2. The lowest BCUT2D eigenvalue weighted by Gasteiger charge is -2.26. The summed E-state index contributed by atoms with van der Waals surface area (Å²) in [6.07, 6.45) is -0.283. The average molecular weight is 453 g/mol. The lowest BCUT2D eigenvalue weighted by atomic mass is 9.90. The largest absolute Gasteiger partial charge is 0.497 e. The van der Waals surface area contributed by atoms with Crippen molar-refractivity contribution in [3.05, 3.63) is 59.7 Å². The second-order valence-corrected chi connectivity index (χ2v) is 8.03. The molecule has 33 heavy (non-hydrogen) atoms. The summed E-state index contributed by atoms with van der Waals surface area (Å²) in [6, 6.07) is 14.3. The van der Waals surface area contributed by atoms with Gasteiger partial charge >= 0.3 is 0 Å². The number of likely N-dealkylation sites (tertiary alicyclic amines) is 1. The van der Waals surface area contributed by atoms with Crippen LogP contribution < -0.4 is 14.8 Å². The van der Waals surface area contributed by atoms with E-state index in [-0.39, 0.29) is 18.4 Å². The number of nitrogens with zero attached hydrogens (tertiary/aromatic N) is 2. The fourth-order valence-electron chi connectivity index (χ4n) is 4.28. The van der Waals surface area contributed by atoms with Crippen molar-refractivity contribution in [3.63, 3.8) is 0 Å². The maximum Gasteiger partial charge on any atom is 0.261 e. The molecule has 3 amide bonds. The zero-order valence-electron chi connectivity index (χ0n) is 18.8. The predicted molar refractivity (Wildman–Crippen MR) is 118 cm³/mol. The van der Waals surface area contributed by atoms with Gasteiger partial charge in [-0.1, -0.05) is 24.3 Å². The quantitative estimate of drug-likeness (QED) is 0.603. The van der Waals surface area contributed by atoms with E-state index in [1.54, 1.807) is 32.4 Å². The number of benzene rings is 2. The summed E-state index contributed by atoms with van der Waals surface area (Å²) in [5.74, 6) is -0.310. The number of fused-ring (bicyclic) bond motifs is 1. The van der Waals surface area contributed by atoms with Gasteiger partial charge < -0.3 is 14.8 Å². The molecule has 9 nitrogen and oxygen atoms in total. The Kier molecular flexibility index (Phi) is 6.62. The van der Waals surface area contributed by atoms with E-state index in [0.29, 0.717) is 18.7 Å². The molecule has 0 aromatic heterocycles. The van der Waals surface area contributed by atoms with Crippen LogP contribution in [0.5, 0.6) is 11.5 Å². The van der Waals surface area contributed by atoms with Crippen molar-refractivity contribution in [1.29, 1.82) is 0 Å². The predicted octanol–water partition coefficient (Wildman–Crippen LogP) is 1.33. The molecular weight excluding hydrogens is 426 g/mol. The van der Waals surface area contributed by atoms with E-state index in [2.05, 4.69) is 5.32 Å². The molecule has 4 rings (SSSR count). The van der Waals surface area contributed by atoms with Gasteiger partial charge in [0.25, 0.3) is 5.91 Å². The highest BCUT2D eigenvalue weighted by Crippen LogP contribution is 2.44. The van der Waals surface area contributed by atoms with Crippen molar-refractivity contribution in [2.45, 2.75) is 18.6 Å². The van der Waals surface area contributed by atoms with Crippen molar-refractivity contribution in [3.8, 4) is 11.5 Å². The van der Waals surface area contributed by atoms with Crippen LogP contribution in [0.4, 0.5) is 0 Å². The molecule has 0 radical (unpaired) electrons. The molecular formula is C24H27N3O6. The van der Waals surface area contributed by atoms with E-state index >= 15 is 0 Å². The van der Waals surface area contributed by atoms with Gasteiger partial charge in [-0.05, 0) is 41.8 Å². The Labute approximate surface area is 192 Å². The summed E-state index contributed by atoms with van der Waals surface area (Å²) >= 11 is 0. The highest BCUT2D eigenvalue weighted by Gasteiger charge is 2.58. The number of likely N-dealkylation sites (N-methyl/N-ethyl adjacent to an activating group) is 1. The Balaban J connectivity index is 1.45. The highest BCUT2D eigenvalue weighted by molar-refractivity contribution is 6.07. The molecule has 2 aromatic carbocycles. The van der Waals surface area contributed by atoms with E-state index < -0.39 is 24.0 Å². The molecule has 2 aliphatic rings. The number of nitrogens with one attached hydrogen (secondary N) is 1. The molecule has 2 saturated heterocycles. The van der Waals surface area contributed by atoms with E-state index in [4.69, 9.17) is 14.3 Å². The van der Waals surface area contributed by atoms with Gasteiger partial charge in [-0.25, -0.2) is 0 Å². The number of methoxy groups -OCH3 is 2. The summed E-state index contributed by atoms with van der Waals surface area (Å²) in [6.45, 7) is 0.331. The number of carbonyl (C=O) groups excluding carboxylic acids is 3. The van der Waals surface area contributed by atoms with Crippen molar-refractivity contribution in [2.24, 2.45) is 5.92 Å². The third-order valence-electron chi connectivity index (χ3n) is 6.04. The Morgan fingerprint density at radius 2 is 1.76 bits per heavy atom. The number of amides is 3. The van der Waals surface area contributed by atoms with Crippen LogP contribution in [0.25, 0.3) is 0 Å². The number of rotatable bonds is 8. The van der Waals surface area contributed by atoms with E-state index in [1.165, 1.54) is 12.1 Å². The molecule has 0 saturated carbocycles. The SMILES string of the molecule is COc1ccc(CCNC(=O)CN2OC3C(=O)N(C)C(=O)C3C2c2cccc(OC)c2)cc1. The Bertz CT molecular complexity index is 1040. The number of imide groups is 1. The molecule has 9 heteroatoms. The maximum atomic E-state index is 12.8. The van der Waals surface area contributed by atoms with Crippen LogP contribution in [0.2, 0.25) is 0 Å². The average Bonchev–Trinajstić information content (AvgIpc) is 3.30. The van der Waals surface area contributed by atoms with E-state index in [1.807, 2.05) is 30.3 Å². The summed E-state index contributed by atoms with van der Waals surface area (Å²) < 4.78 is 10.5. The molecule has 0 spiro atoms. The van der Waals surface area contributed by atoms with Crippen LogP contribution in [-0.4, -0.2) is 68.1 Å². The van der Waals surface area contributed by atoms with Gasteiger partial charge in [0.1, 0.15) is 18.0 Å². The fourth-order valence-corrected chi connectivity index (χ4v) is 4.28. The minimum absolute atomic E-state index is 0.109. The number of carbonyl (C=O) groups is 3. The normalized spacial score (nSPS) is 22.4. The first-order chi connectivity index (χ1) is 15.9. The molecule has 0 bridgehead atoms. The van der Waals surface area contributed by atoms with E-state index in [0.717, 1.165) is 21.8 Å². The van der Waals surface area contributed by atoms with Crippen LogP contribution in [0.1, 0.15) is 17.2 Å². The lowest BCUT2D eigenvalue weighted by Crippen LogP contribution is -2.40. The molecule has 2 aliphatic heterocycles. The van der Waals surface area contributed by atoms with Crippen LogP contribution in [0.3, 0.4) is 0 Å². The van der Waals surface area contributed by atoms with Crippen molar-refractivity contribution < 1.29 is 28.7 Å². The maximum absolute atomic E-state index is 12.8. The monoisotopic (exact) mass is 453 g/mol.